The first-order valence-corrected chi connectivity index (χ1v) is 8.64. The zero-order valence-electron chi connectivity index (χ0n) is 10.4. The third kappa shape index (κ3) is 3.66. The third-order valence-electron chi connectivity index (χ3n) is 2.64. The van der Waals surface area contributed by atoms with E-state index in [1.165, 1.54) is 18.2 Å². The molecule has 0 spiro atoms. The van der Waals surface area contributed by atoms with Crippen LogP contribution in [0.5, 0.6) is 5.75 Å². The van der Waals surface area contributed by atoms with Gasteiger partial charge in [0.2, 0.25) is 0 Å². The highest BCUT2D eigenvalue weighted by molar-refractivity contribution is 9.11. The van der Waals surface area contributed by atoms with Crippen LogP contribution in [0.2, 0.25) is 20.1 Å². The second-order valence-corrected chi connectivity index (χ2v) is 7.33. The topological polar surface area (TPSA) is 49.3 Å². The van der Waals surface area contributed by atoms with E-state index >= 15 is 0 Å². The largest absolute Gasteiger partial charge is 0.506 e. The van der Waals surface area contributed by atoms with Gasteiger partial charge < -0.3 is 10.4 Å². The van der Waals surface area contributed by atoms with Crippen LogP contribution in [0, 0.1) is 0 Å². The second kappa shape index (κ2) is 7.16. The maximum absolute atomic E-state index is 12.3. The van der Waals surface area contributed by atoms with Crippen LogP contribution < -0.4 is 5.32 Å². The van der Waals surface area contributed by atoms with Gasteiger partial charge in [-0.2, -0.15) is 0 Å². The van der Waals surface area contributed by atoms with E-state index in [1.807, 2.05) is 0 Å². The zero-order valence-corrected chi connectivity index (χ0v) is 16.6. The molecule has 0 unspecified atom stereocenters. The average Bonchev–Trinajstić information content (AvgIpc) is 2.46. The molecule has 22 heavy (non-hydrogen) atoms. The SMILES string of the molecule is O=C(Nc1cc(Cl)c(Cl)cc1Cl)c1cc(Br)c(Cl)c(Br)c1O. The molecule has 0 atom stereocenters. The van der Waals surface area contributed by atoms with Gasteiger partial charge in [0, 0.05) is 4.47 Å². The Balaban J connectivity index is 2.41. The summed E-state index contributed by atoms with van der Waals surface area (Å²) in [6.07, 6.45) is 0. The number of rotatable bonds is 2. The fourth-order valence-electron chi connectivity index (χ4n) is 1.57. The van der Waals surface area contributed by atoms with E-state index in [-0.39, 0.29) is 41.6 Å². The number of anilines is 1. The highest BCUT2D eigenvalue weighted by Crippen LogP contribution is 2.40. The van der Waals surface area contributed by atoms with Crippen LogP contribution >= 0.6 is 78.3 Å². The molecule has 0 saturated carbocycles. The molecular formula is C13H5Br2Cl4NO2. The number of hydrogen-bond acceptors (Lipinski definition) is 2. The summed E-state index contributed by atoms with van der Waals surface area (Å²) in [5, 5.41) is 13.6. The first kappa shape index (κ1) is 18.2. The van der Waals surface area contributed by atoms with Crippen LogP contribution in [-0.2, 0) is 0 Å². The molecule has 2 rings (SSSR count). The Morgan fingerprint density at radius 3 is 2.23 bits per heavy atom. The number of phenolic OH excluding ortho intramolecular Hbond substituents is 1. The van der Waals surface area contributed by atoms with E-state index in [1.54, 1.807) is 0 Å². The maximum atomic E-state index is 12.3. The summed E-state index contributed by atoms with van der Waals surface area (Å²) in [5.74, 6) is -0.877. The minimum Gasteiger partial charge on any atom is -0.506 e. The van der Waals surface area contributed by atoms with Crippen molar-refractivity contribution in [1.29, 1.82) is 0 Å². The molecule has 0 aliphatic heterocycles. The van der Waals surface area contributed by atoms with Crippen LogP contribution in [0.25, 0.3) is 0 Å². The van der Waals surface area contributed by atoms with Gasteiger partial charge in [0.15, 0.2) is 0 Å². The predicted octanol–water partition coefficient (Wildman–Crippen LogP) is 6.78. The number of halogens is 6. The minimum absolute atomic E-state index is 0.00490. The van der Waals surface area contributed by atoms with Crippen molar-refractivity contribution in [3.8, 4) is 5.75 Å². The summed E-state index contributed by atoms with van der Waals surface area (Å²) in [4.78, 5) is 12.3. The van der Waals surface area contributed by atoms with E-state index in [4.69, 9.17) is 46.4 Å². The summed E-state index contributed by atoms with van der Waals surface area (Å²) in [6, 6.07) is 4.22. The Kier molecular flexibility index (Phi) is 5.91. The lowest BCUT2D eigenvalue weighted by molar-refractivity contribution is 0.102. The molecule has 0 aromatic heterocycles. The molecule has 0 fully saturated rings. The van der Waals surface area contributed by atoms with Crippen LogP contribution in [-0.4, -0.2) is 11.0 Å². The van der Waals surface area contributed by atoms with Crippen molar-refractivity contribution in [3.63, 3.8) is 0 Å². The smallest absolute Gasteiger partial charge is 0.259 e. The van der Waals surface area contributed by atoms with Crippen molar-refractivity contribution < 1.29 is 9.90 Å². The third-order valence-corrected chi connectivity index (χ3v) is 5.92. The summed E-state index contributed by atoms with van der Waals surface area (Å²) >= 11 is 30.0. The summed E-state index contributed by atoms with van der Waals surface area (Å²) in [5.41, 5.74) is 0.271. The molecule has 0 saturated heterocycles. The van der Waals surface area contributed by atoms with Gasteiger partial charge in [-0.25, -0.2) is 0 Å². The number of hydrogen-bond donors (Lipinski definition) is 2. The van der Waals surface area contributed by atoms with Crippen molar-refractivity contribution in [3.05, 3.63) is 52.8 Å². The zero-order chi connectivity index (χ0) is 16.6. The number of carbonyl (C=O) groups is 1. The summed E-state index contributed by atoms with van der Waals surface area (Å²) in [6.45, 7) is 0. The summed E-state index contributed by atoms with van der Waals surface area (Å²) < 4.78 is 0.651. The van der Waals surface area contributed by atoms with Crippen LogP contribution in [0.15, 0.2) is 27.1 Å². The molecule has 0 heterocycles. The number of phenols is 1. The first-order valence-electron chi connectivity index (χ1n) is 5.54. The molecule has 0 aliphatic rings. The predicted molar refractivity (Wildman–Crippen MR) is 97.9 cm³/mol. The maximum Gasteiger partial charge on any atom is 0.259 e. The van der Waals surface area contributed by atoms with E-state index in [9.17, 15) is 9.90 Å². The van der Waals surface area contributed by atoms with Crippen molar-refractivity contribution in [2.75, 3.05) is 5.32 Å². The standard InChI is InChI=1S/C13H5Br2Cl4NO2/c14-5-1-4(12(21)10(15)11(5)19)13(22)20-9-3-7(17)6(16)2-8(9)18/h1-3,21H,(H,20,22). The normalized spacial score (nSPS) is 10.6. The molecule has 2 aromatic rings. The molecular weight excluding hydrogens is 504 g/mol. The number of nitrogens with one attached hydrogen (secondary N) is 1. The van der Waals surface area contributed by atoms with Crippen molar-refractivity contribution >= 4 is 89.9 Å². The number of amides is 1. The molecule has 9 heteroatoms. The highest BCUT2D eigenvalue weighted by Gasteiger charge is 2.20. The number of carbonyl (C=O) groups excluding carboxylic acids is 1. The lowest BCUT2D eigenvalue weighted by atomic mass is 10.2. The molecule has 1 amide bonds. The summed E-state index contributed by atoms with van der Waals surface area (Å²) in [7, 11) is 0. The monoisotopic (exact) mass is 505 g/mol. The molecule has 0 bridgehead atoms. The molecule has 116 valence electrons. The van der Waals surface area contributed by atoms with Gasteiger partial charge in [-0.05, 0) is 50.1 Å². The highest BCUT2D eigenvalue weighted by atomic mass is 79.9. The van der Waals surface area contributed by atoms with Gasteiger partial charge in [0.25, 0.3) is 5.91 Å². The van der Waals surface area contributed by atoms with Crippen LogP contribution in [0.3, 0.4) is 0 Å². The van der Waals surface area contributed by atoms with E-state index < -0.39 is 5.91 Å². The van der Waals surface area contributed by atoms with E-state index in [0.717, 1.165) is 0 Å². The fraction of sp³-hybridized carbons (Fsp3) is 0. The fourth-order valence-corrected chi connectivity index (χ4v) is 3.43. The molecule has 0 radical (unpaired) electrons. The molecule has 2 N–H and O–H groups in total. The Bertz CT molecular complexity index is 783. The van der Waals surface area contributed by atoms with Crippen molar-refractivity contribution in [1.82, 2.24) is 0 Å². The van der Waals surface area contributed by atoms with Crippen molar-refractivity contribution in [2.24, 2.45) is 0 Å². The Morgan fingerprint density at radius 2 is 1.59 bits per heavy atom. The number of aromatic hydroxyl groups is 1. The average molecular weight is 509 g/mol. The van der Waals surface area contributed by atoms with Crippen LogP contribution in [0.4, 0.5) is 5.69 Å². The molecule has 0 aliphatic carbocycles. The lowest BCUT2D eigenvalue weighted by Crippen LogP contribution is -2.13. The van der Waals surface area contributed by atoms with Gasteiger partial charge in [0.05, 0.1) is 35.8 Å². The van der Waals surface area contributed by atoms with Crippen LogP contribution in [0.1, 0.15) is 10.4 Å². The van der Waals surface area contributed by atoms with Crippen molar-refractivity contribution in [2.45, 2.75) is 0 Å². The van der Waals surface area contributed by atoms with Gasteiger partial charge in [0.1, 0.15) is 5.75 Å². The lowest BCUT2D eigenvalue weighted by Gasteiger charge is -2.12. The molecule has 2 aromatic carbocycles. The Hall–Kier alpha value is -0.170. The van der Waals surface area contributed by atoms with Gasteiger partial charge in [-0.15, -0.1) is 0 Å². The number of benzene rings is 2. The van der Waals surface area contributed by atoms with Gasteiger partial charge in [-0.1, -0.05) is 46.4 Å². The Morgan fingerprint density at radius 1 is 1.00 bits per heavy atom. The van der Waals surface area contributed by atoms with Gasteiger partial charge in [-0.3, -0.25) is 4.79 Å². The Labute approximate surface area is 162 Å². The van der Waals surface area contributed by atoms with Gasteiger partial charge >= 0.3 is 0 Å². The van der Waals surface area contributed by atoms with E-state index in [2.05, 4.69) is 37.2 Å². The minimum atomic E-state index is -0.587. The molecule has 3 nitrogen and oxygen atoms in total. The van der Waals surface area contributed by atoms with E-state index in [0.29, 0.717) is 4.47 Å². The second-order valence-electron chi connectivity index (χ2n) is 4.08. The first-order chi connectivity index (χ1) is 10.2. The quantitative estimate of drug-likeness (QED) is 0.347.